The average Bonchev–Trinajstić information content (AvgIpc) is 2.26. The second-order valence-electron chi connectivity index (χ2n) is 2.93. The quantitative estimate of drug-likeness (QED) is 0.754. The summed E-state index contributed by atoms with van der Waals surface area (Å²) in [4.78, 5) is 21.1. The summed E-state index contributed by atoms with van der Waals surface area (Å²) in [5.74, 6) is 0.721. The number of hydrogen-bond acceptors (Lipinski definition) is 3. The zero-order valence-electron chi connectivity index (χ0n) is 8.14. The van der Waals surface area contributed by atoms with Crippen molar-refractivity contribution in [3.8, 4) is 5.75 Å². The van der Waals surface area contributed by atoms with Crippen LogP contribution in [0.3, 0.4) is 0 Å². The van der Waals surface area contributed by atoms with E-state index in [-0.39, 0.29) is 5.57 Å². The third kappa shape index (κ3) is 2.97. The van der Waals surface area contributed by atoms with Gasteiger partial charge in [-0.25, -0.2) is 9.59 Å². The van der Waals surface area contributed by atoms with E-state index in [1.165, 1.54) is 12.9 Å². The monoisotopic (exact) mass is 206 g/mol. The van der Waals surface area contributed by atoms with Crippen molar-refractivity contribution in [2.24, 2.45) is 0 Å². The molecule has 0 bridgehead atoms. The molecule has 0 spiro atoms. The Labute approximate surface area is 86.8 Å². The van der Waals surface area contributed by atoms with Gasteiger partial charge < -0.3 is 9.84 Å². The van der Waals surface area contributed by atoms with Gasteiger partial charge in [0.1, 0.15) is 11.7 Å². The predicted octanol–water partition coefficient (Wildman–Crippen LogP) is 1.30. The molecule has 4 nitrogen and oxygen atoms in total. The van der Waals surface area contributed by atoms with Crippen molar-refractivity contribution < 1.29 is 19.4 Å². The van der Waals surface area contributed by atoms with Crippen molar-refractivity contribution in [2.75, 3.05) is 0 Å². The van der Waals surface area contributed by atoms with Crippen LogP contribution < -0.4 is 4.74 Å². The molecule has 1 unspecified atom stereocenters. The van der Waals surface area contributed by atoms with E-state index < -0.39 is 12.1 Å². The number of hydrogen-bond donors (Lipinski definition) is 1. The molecule has 0 aliphatic rings. The van der Waals surface area contributed by atoms with E-state index in [9.17, 15) is 9.59 Å². The molecule has 1 atom stereocenters. The molecule has 1 rings (SSSR count). The Kier molecular flexibility index (Phi) is 3.66. The van der Waals surface area contributed by atoms with Crippen LogP contribution in [0.4, 0.5) is 0 Å². The second kappa shape index (κ2) is 4.98. The molecule has 1 aromatic rings. The molecule has 0 fully saturated rings. The lowest BCUT2D eigenvalue weighted by Gasteiger charge is -2.13. The number of para-hydroxylation sites is 1. The number of ether oxygens (including phenoxy) is 1. The minimum atomic E-state index is -1.27. The van der Waals surface area contributed by atoms with E-state index in [0.29, 0.717) is 5.75 Å². The van der Waals surface area contributed by atoms with Crippen LogP contribution in [0.2, 0.25) is 0 Å². The predicted molar refractivity (Wildman–Crippen MR) is 53.4 cm³/mol. The molecule has 1 aromatic carbocycles. The van der Waals surface area contributed by atoms with Crippen LogP contribution in [-0.4, -0.2) is 23.1 Å². The maximum atomic E-state index is 10.8. The highest BCUT2D eigenvalue weighted by atomic mass is 16.5. The second-order valence-corrected chi connectivity index (χ2v) is 2.93. The first kappa shape index (κ1) is 11.0. The topological polar surface area (TPSA) is 63.6 Å². The first-order valence-corrected chi connectivity index (χ1v) is 4.31. The third-order valence-corrected chi connectivity index (χ3v) is 1.78. The lowest BCUT2D eigenvalue weighted by atomic mass is 10.2. The minimum absolute atomic E-state index is 0.00588. The molecule has 0 amide bonds. The van der Waals surface area contributed by atoms with Crippen LogP contribution in [0.25, 0.3) is 0 Å². The summed E-state index contributed by atoms with van der Waals surface area (Å²) in [6, 6.07) is 8.45. The normalized spacial score (nSPS) is 11.3. The Morgan fingerprint density at radius 3 is 2.47 bits per heavy atom. The van der Waals surface area contributed by atoms with E-state index in [1.807, 2.05) is 0 Å². The SMILES string of the molecule is CC(=C=O)C(Oc1ccccc1)C(=O)O. The number of carbonyl (C=O) groups is 1. The maximum absolute atomic E-state index is 10.8. The molecule has 0 aliphatic carbocycles. The largest absolute Gasteiger partial charge is 0.478 e. The van der Waals surface area contributed by atoms with Crippen LogP contribution in [0.1, 0.15) is 6.92 Å². The molecule has 0 saturated heterocycles. The van der Waals surface area contributed by atoms with E-state index in [1.54, 1.807) is 30.3 Å². The molecule has 1 N–H and O–H groups in total. The number of benzene rings is 1. The van der Waals surface area contributed by atoms with Crippen molar-refractivity contribution in [2.45, 2.75) is 13.0 Å². The Bertz CT molecular complexity index is 390. The number of carbonyl (C=O) groups excluding carboxylic acids is 1. The van der Waals surface area contributed by atoms with Crippen LogP contribution >= 0.6 is 0 Å². The molecular weight excluding hydrogens is 196 g/mol. The highest BCUT2D eigenvalue weighted by Crippen LogP contribution is 2.13. The van der Waals surface area contributed by atoms with E-state index in [2.05, 4.69) is 0 Å². The number of aliphatic carboxylic acids is 1. The maximum Gasteiger partial charge on any atom is 0.350 e. The highest BCUT2D eigenvalue weighted by Gasteiger charge is 2.22. The van der Waals surface area contributed by atoms with Gasteiger partial charge in [0.2, 0.25) is 6.10 Å². The van der Waals surface area contributed by atoms with Crippen LogP contribution in [0, 0.1) is 0 Å². The Balaban J connectivity index is 2.86. The molecule has 0 aliphatic heterocycles. The fourth-order valence-corrected chi connectivity index (χ4v) is 1.01. The molecule has 0 saturated carbocycles. The molecule has 15 heavy (non-hydrogen) atoms. The van der Waals surface area contributed by atoms with E-state index in [4.69, 9.17) is 9.84 Å². The zero-order valence-corrected chi connectivity index (χ0v) is 8.14. The van der Waals surface area contributed by atoms with Crippen LogP contribution in [0.15, 0.2) is 35.9 Å². The molecular formula is C11H10O4. The van der Waals surface area contributed by atoms with Crippen molar-refractivity contribution in [3.05, 3.63) is 35.9 Å². The highest BCUT2D eigenvalue weighted by molar-refractivity contribution is 5.80. The van der Waals surface area contributed by atoms with Crippen molar-refractivity contribution in [1.29, 1.82) is 0 Å². The molecule has 0 aromatic heterocycles. The summed E-state index contributed by atoms with van der Waals surface area (Å²) in [7, 11) is 0. The van der Waals surface area contributed by atoms with Crippen molar-refractivity contribution in [3.63, 3.8) is 0 Å². The van der Waals surface area contributed by atoms with Crippen LogP contribution in [0.5, 0.6) is 5.75 Å². The summed E-state index contributed by atoms with van der Waals surface area (Å²) in [6.07, 6.45) is -1.27. The van der Waals surface area contributed by atoms with Crippen LogP contribution in [-0.2, 0) is 9.59 Å². The van der Waals surface area contributed by atoms with Gasteiger partial charge in [0.15, 0.2) is 0 Å². The van der Waals surface area contributed by atoms with E-state index >= 15 is 0 Å². The summed E-state index contributed by atoms with van der Waals surface area (Å²) in [6.45, 7) is 1.37. The number of carboxylic acids is 1. The Hall–Kier alpha value is -2.06. The third-order valence-electron chi connectivity index (χ3n) is 1.78. The van der Waals surface area contributed by atoms with Gasteiger partial charge >= 0.3 is 5.97 Å². The van der Waals surface area contributed by atoms with Gasteiger partial charge in [0.05, 0.1) is 5.57 Å². The Morgan fingerprint density at radius 1 is 1.40 bits per heavy atom. The first-order chi connectivity index (χ1) is 7.15. The molecule has 4 heteroatoms. The van der Waals surface area contributed by atoms with Gasteiger partial charge in [-0.2, -0.15) is 0 Å². The smallest absolute Gasteiger partial charge is 0.350 e. The van der Waals surface area contributed by atoms with Gasteiger partial charge in [-0.05, 0) is 19.1 Å². The van der Waals surface area contributed by atoms with Gasteiger partial charge in [-0.3, -0.25) is 0 Å². The molecule has 0 radical (unpaired) electrons. The van der Waals surface area contributed by atoms with Gasteiger partial charge in [0.25, 0.3) is 0 Å². The number of rotatable bonds is 4. The fourth-order valence-electron chi connectivity index (χ4n) is 1.01. The number of carboxylic acid groups (broad SMARTS) is 1. The van der Waals surface area contributed by atoms with Crippen molar-refractivity contribution in [1.82, 2.24) is 0 Å². The van der Waals surface area contributed by atoms with Gasteiger partial charge in [-0.15, -0.1) is 0 Å². The fraction of sp³-hybridized carbons (Fsp3) is 0.182. The van der Waals surface area contributed by atoms with E-state index in [0.717, 1.165) is 0 Å². The standard InChI is InChI=1S/C11H10O4/c1-8(7-12)10(11(13)14)15-9-5-3-2-4-6-9/h2-6,10H,1H3,(H,13,14). The summed E-state index contributed by atoms with van der Waals surface area (Å²) in [5, 5.41) is 8.81. The van der Waals surface area contributed by atoms with Crippen molar-refractivity contribution >= 4 is 11.9 Å². The molecule has 78 valence electrons. The average molecular weight is 206 g/mol. The van der Waals surface area contributed by atoms with Gasteiger partial charge in [0, 0.05) is 0 Å². The first-order valence-electron chi connectivity index (χ1n) is 4.31. The Morgan fingerprint density at radius 2 is 2.00 bits per heavy atom. The lowest BCUT2D eigenvalue weighted by Crippen LogP contribution is -2.28. The minimum Gasteiger partial charge on any atom is -0.478 e. The summed E-state index contributed by atoms with van der Waals surface area (Å²) in [5.41, 5.74) is 0.00588. The summed E-state index contributed by atoms with van der Waals surface area (Å²) >= 11 is 0. The lowest BCUT2D eigenvalue weighted by molar-refractivity contribution is -0.143. The molecule has 0 heterocycles. The summed E-state index contributed by atoms with van der Waals surface area (Å²) < 4.78 is 5.13. The van der Waals surface area contributed by atoms with Gasteiger partial charge in [-0.1, -0.05) is 18.2 Å². The zero-order chi connectivity index (χ0) is 11.3.